The summed E-state index contributed by atoms with van der Waals surface area (Å²) in [5.74, 6) is 0.173. The van der Waals surface area contributed by atoms with E-state index in [4.69, 9.17) is 17.0 Å². The normalized spacial score (nSPS) is 15.6. The minimum absolute atomic E-state index is 0.150. The SMILES string of the molecule is CCOC(=S)N1NC(=O)/C(=C\c2ccccc2)N=C1c1ccccc1. The molecule has 0 saturated carbocycles. The number of rotatable bonds is 3. The number of ether oxygens (including phenoxy) is 1. The second-order valence-electron chi connectivity index (χ2n) is 5.22. The maximum Gasteiger partial charge on any atom is 0.288 e. The van der Waals surface area contributed by atoms with Gasteiger partial charge in [-0.05, 0) is 30.8 Å². The van der Waals surface area contributed by atoms with E-state index in [1.165, 1.54) is 5.01 Å². The monoisotopic (exact) mass is 351 g/mol. The number of benzene rings is 2. The first-order valence-electron chi connectivity index (χ1n) is 7.87. The highest BCUT2D eigenvalue weighted by molar-refractivity contribution is 7.80. The van der Waals surface area contributed by atoms with Gasteiger partial charge in [0.05, 0.1) is 6.61 Å². The molecular formula is C19H17N3O2S. The minimum atomic E-state index is -0.342. The highest BCUT2D eigenvalue weighted by Crippen LogP contribution is 2.17. The standard InChI is InChI=1S/C19H17N3O2S/c1-2-24-19(25)22-17(15-11-7-4-8-12-15)20-16(18(23)21-22)13-14-9-5-3-6-10-14/h3-13H,2H2,1H3,(H,21,23)/b16-13+. The molecule has 2 aromatic rings. The Morgan fingerprint density at radius 3 is 2.44 bits per heavy atom. The van der Waals surface area contributed by atoms with Crippen molar-refractivity contribution < 1.29 is 9.53 Å². The van der Waals surface area contributed by atoms with Crippen molar-refractivity contribution in [1.29, 1.82) is 0 Å². The van der Waals surface area contributed by atoms with Crippen LogP contribution < -0.4 is 5.43 Å². The molecule has 3 rings (SSSR count). The van der Waals surface area contributed by atoms with Crippen LogP contribution in [0.3, 0.4) is 0 Å². The van der Waals surface area contributed by atoms with Gasteiger partial charge in [0.1, 0.15) is 5.70 Å². The van der Waals surface area contributed by atoms with Crippen LogP contribution in [0, 0.1) is 0 Å². The van der Waals surface area contributed by atoms with Gasteiger partial charge in [0.15, 0.2) is 5.84 Å². The summed E-state index contributed by atoms with van der Waals surface area (Å²) in [5.41, 5.74) is 4.77. The lowest BCUT2D eigenvalue weighted by atomic mass is 10.1. The molecule has 1 aliphatic rings. The summed E-state index contributed by atoms with van der Waals surface area (Å²) in [4.78, 5) is 17.0. The predicted octanol–water partition coefficient (Wildman–Crippen LogP) is 3.14. The van der Waals surface area contributed by atoms with Gasteiger partial charge in [0.25, 0.3) is 11.1 Å². The number of carbonyl (C=O) groups is 1. The molecule has 126 valence electrons. The molecule has 0 saturated heterocycles. The van der Waals surface area contributed by atoms with E-state index >= 15 is 0 Å². The number of thiocarbonyl (C=S) groups is 1. The summed E-state index contributed by atoms with van der Waals surface area (Å²) in [6.07, 6.45) is 1.74. The number of hydrazine groups is 1. The lowest BCUT2D eigenvalue weighted by molar-refractivity contribution is -0.120. The van der Waals surface area contributed by atoms with Gasteiger partial charge in [-0.2, -0.15) is 5.01 Å². The molecule has 6 heteroatoms. The van der Waals surface area contributed by atoms with Crippen molar-refractivity contribution in [1.82, 2.24) is 10.4 Å². The van der Waals surface area contributed by atoms with Crippen LogP contribution in [0.25, 0.3) is 6.08 Å². The van der Waals surface area contributed by atoms with E-state index in [9.17, 15) is 4.79 Å². The van der Waals surface area contributed by atoms with Gasteiger partial charge < -0.3 is 4.74 Å². The predicted molar refractivity (Wildman–Crippen MR) is 102 cm³/mol. The molecule has 0 spiro atoms. The van der Waals surface area contributed by atoms with Crippen molar-refractivity contribution in [3.8, 4) is 0 Å². The number of amides is 1. The number of nitrogens with zero attached hydrogens (tertiary/aromatic N) is 2. The fourth-order valence-electron chi connectivity index (χ4n) is 2.33. The van der Waals surface area contributed by atoms with Crippen LogP contribution in [0.2, 0.25) is 0 Å². The molecule has 0 fully saturated rings. The van der Waals surface area contributed by atoms with Crippen LogP contribution >= 0.6 is 12.2 Å². The molecule has 25 heavy (non-hydrogen) atoms. The average molecular weight is 351 g/mol. The third-order valence-electron chi connectivity index (χ3n) is 3.47. The van der Waals surface area contributed by atoms with Gasteiger partial charge in [-0.3, -0.25) is 10.2 Å². The fraction of sp³-hybridized carbons (Fsp3) is 0.105. The third kappa shape index (κ3) is 3.92. The van der Waals surface area contributed by atoms with Crippen molar-refractivity contribution in [2.75, 3.05) is 6.61 Å². The average Bonchev–Trinajstić information content (AvgIpc) is 2.65. The quantitative estimate of drug-likeness (QED) is 0.682. The molecule has 1 aliphatic heterocycles. The summed E-state index contributed by atoms with van der Waals surface area (Å²) in [6.45, 7) is 2.23. The second-order valence-corrected chi connectivity index (χ2v) is 5.57. The fourth-order valence-corrected chi connectivity index (χ4v) is 2.58. The lowest BCUT2D eigenvalue weighted by Gasteiger charge is -2.29. The summed E-state index contributed by atoms with van der Waals surface area (Å²) in [5, 5.41) is 1.55. The molecule has 0 radical (unpaired) electrons. The Morgan fingerprint density at radius 1 is 1.16 bits per heavy atom. The Morgan fingerprint density at radius 2 is 1.80 bits per heavy atom. The maximum atomic E-state index is 12.5. The van der Waals surface area contributed by atoms with Crippen LogP contribution in [0.5, 0.6) is 0 Å². The van der Waals surface area contributed by atoms with Crippen LogP contribution in [-0.2, 0) is 9.53 Å². The van der Waals surface area contributed by atoms with Crippen molar-refractivity contribution in [3.63, 3.8) is 0 Å². The third-order valence-corrected chi connectivity index (χ3v) is 3.77. The van der Waals surface area contributed by atoms with Crippen molar-refractivity contribution >= 4 is 35.2 Å². The largest absolute Gasteiger partial charge is 0.470 e. The number of amidine groups is 1. The Balaban J connectivity index is 2.05. The second kappa shape index (κ2) is 7.72. The molecule has 0 atom stereocenters. The lowest BCUT2D eigenvalue weighted by Crippen LogP contribution is -2.53. The Bertz CT molecular complexity index is 832. The van der Waals surface area contributed by atoms with Gasteiger partial charge in [-0.1, -0.05) is 60.7 Å². The summed E-state index contributed by atoms with van der Waals surface area (Å²) >= 11 is 5.26. The Kier molecular flexibility index (Phi) is 5.20. The van der Waals surface area contributed by atoms with Crippen LogP contribution in [0.15, 0.2) is 71.4 Å². The molecule has 1 heterocycles. The van der Waals surface area contributed by atoms with Gasteiger partial charge in [-0.25, -0.2) is 4.99 Å². The number of nitrogens with one attached hydrogen (secondary N) is 1. The summed E-state index contributed by atoms with van der Waals surface area (Å²) in [6, 6.07) is 19.1. The van der Waals surface area contributed by atoms with Gasteiger partial charge in [0, 0.05) is 5.56 Å². The van der Waals surface area contributed by atoms with Gasteiger partial charge in [-0.15, -0.1) is 0 Å². The zero-order valence-electron chi connectivity index (χ0n) is 13.7. The Labute approximate surface area is 151 Å². The number of hydrogen-bond acceptors (Lipinski definition) is 4. The van der Waals surface area contributed by atoms with Crippen molar-refractivity contribution in [2.24, 2.45) is 4.99 Å². The van der Waals surface area contributed by atoms with E-state index in [-0.39, 0.29) is 11.1 Å². The van der Waals surface area contributed by atoms with Crippen LogP contribution in [0.1, 0.15) is 18.1 Å². The molecular weight excluding hydrogens is 334 g/mol. The van der Waals surface area contributed by atoms with Gasteiger partial charge in [0.2, 0.25) is 0 Å². The summed E-state index contributed by atoms with van der Waals surface area (Å²) in [7, 11) is 0. The number of hydrogen-bond donors (Lipinski definition) is 1. The molecule has 2 aromatic carbocycles. The van der Waals surface area contributed by atoms with Crippen LogP contribution in [-0.4, -0.2) is 28.5 Å². The maximum absolute atomic E-state index is 12.5. The highest BCUT2D eigenvalue weighted by Gasteiger charge is 2.28. The molecule has 1 amide bonds. The zero-order chi connectivity index (χ0) is 17.6. The number of aliphatic imine (C=N–C) groups is 1. The van der Waals surface area contributed by atoms with E-state index in [2.05, 4.69) is 10.4 Å². The van der Waals surface area contributed by atoms with Crippen molar-refractivity contribution in [2.45, 2.75) is 6.92 Å². The van der Waals surface area contributed by atoms with E-state index in [0.717, 1.165) is 11.1 Å². The smallest absolute Gasteiger partial charge is 0.288 e. The minimum Gasteiger partial charge on any atom is -0.470 e. The van der Waals surface area contributed by atoms with E-state index < -0.39 is 0 Å². The molecule has 0 unspecified atom stereocenters. The highest BCUT2D eigenvalue weighted by atomic mass is 32.1. The zero-order valence-corrected chi connectivity index (χ0v) is 14.5. The molecule has 0 aliphatic carbocycles. The summed E-state index contributed by atoms with van der Waals surface area (Å²) < 4.78 is 5.38. The number of carbonyl (C=O) groups excluding carboxylic acids is 1. The Hall–Kier alpha value is -2.99. The van der Waals surface area contributed by atoms with Crippen LogP contribution in [0.4, 0.5) is 0 Å². The first kappa shape index (κ1) is 16.9. The molecule has 0 aromatic heterocycles. The van der Waals surface area contributed by atoms with E-state index in [1.807, 2.05) is 67.6 Å². The van der Waals surface area contributed by atoms with Gasteiger partial charge >= 0.3 is 0 Å². The first-order chi connectivity index (χ1) is 12.2. The molecule has 5 nitrogen and oxygen atoms in total. The molecule has 1 N–H and O–H groups in total. The van der Waals surface area contributed by atoms with Crippen molar-refractivity contribution in [3.05, 3.63) is 77.5 Å². The topological polar surface area (TPSA) is 53.9 Å². The first-order valence-corrected chi connectivity index (χ1v) is 8.28. The molecule has 0 bridgehead atoms. The van der Waals surface area contributed by atoms with E-state index in [0.29, 0.717) is 18.1 Å². The van der Waals surface area contributed by atoms with E-state index in [1.54, 1.807) is 6.08 Å².